The summed E-state index contributed by atoms with van der Waals surface area (Å²) in [6.07, 6.45) is 5.69. The number of ketones is 4. The average Bonchev–Trinajstić information content (AvgIpc) is 3.69. The van der Waals surface area contributed by atoms with Crippen LogP contribution in [0.1, 0.15) is 167 Å². The molecule has 3 saturated carbocycles. The van der Waals surface area contributed by atoms with Gasteiger partial charge in [0.25, 0.3) is 0 Å². The summed E-state index contributed by atoms with van der Waals surface area (Å²) < 4.78 is 13.1. The SMILES string of the molecule is CCCCc1ccc(-c2ccc(C(=O)CCCC(=O)C[C@@H](CCCCN)C(=O)N[C@H](C(=O)C[C@@H](CC)C(=O)N[C@@H](CC(N)=O)C(=O)C[C@@H](CC)B3OC4C[C@@H]5C[C@@H](C5(C)C)[C@]4(C)O3)C(C)O)cc2)cc1. The van der Waals surface area contributed by atoms with Gasteiger partial charge in [-0.25, -0.2) is 0 Å². The third kappa shape index (κ3) is 14.3. The predicted molar refractivity (Wildman–Crippen MR) is 271 cm³/mol. The van der Waals surface area contributed by atoms with Crippen LogP contribution in [-0.4, -0.2) is 89.5 Å². The van der Waals surface area contributed by atoms with Crippen LogP contribution in [0.4, 0.5) is 0 Å². The molecule has 70 heavy (non-hydrogen) atoms. The number of amides is 3. The quantitative estimate of drug-likeness (QED) is 0.0283. The van der Waals surface area contributed by atoms with Gasteiger partial charge in [0, 0.05) is 55.3 Å². The van der Waals surface area contributed by atoms with Crippen LogP contribution in [0, 0.1) is 29.1 Å². The number of nitrogens with one attached hydrogen (secondary N) is 2. The highest BCUT2D eigenvalue weighted by atomic mass is 16.7. The summed E-state index contributed by atoms with van der Waals surface area (Å²) in [5.41, 5.74) is 14.9. The zero-order chi connectivity index (χ0) is 51.3. The van der Waals surface area contributed by atoms with E-state index >= 15 is 0 Å². The van der Waals surface area contributed by atoms with Gasteiger partial charge in [0.1, 0.15) is 11.8 Å². The maximum atomic E-state index is 13.9. The number of carbonyl (C=O) groups is 7. The molecule has 4 fully saturated rings. The fourth-order valence-corrected chi connectivity index (χ4v) is 11.1. The molecule has 6 rings (SSSR count). The molecule has 2 bridgehead atoms. The second kappa shape index (κ2) is 25.7. The van der Waals surface area contributed by atoms with E-state index in [2.05, 4.69) is 62.6 Å². The second-order valence-electron chi connectivity index (χ2n) is 21.3. The number of aliphatic hydroxyl groups is 1. The standard InChI is InChI=1S/C55H81BN4O10/c1-8-11-15-35-19-21-37(22-20-35)38-23-25-39(26-24-38)45(63)18-14-17-43(62)28-40(16-12-13-27-57)53(68)60-51(34(4)61)47(65)29-36(9-2)52(67)59-44(33-50(58)66)46(64)32-42(10-3)56-69-49-31-41-30-48(54(41,5)6)55(49,7)70-56/h19-26,34,36,40-42,44,48-49,51,61H,8-18,27-33,57H2,1-7H3,(H2,58,66)(H,59,67)(H,60,68)/t34?,36-,40-,41+,42-,44+,48+,49?,51+,55+/m1/s1. The summed E-state index contributed by atoms with van der Waals surface area (Å²) in [4.78, 5) is 94.0. The Morgan fingerprint density at radius 3 is 2.01 bits per heavy atom. The molecule has 0 radical (unpaired) electrons. The van der Waals surface area contributed by atoms with E-state index in [0.717, 1.165) is 43.2 Å². The Bertz CT molecular complexity index is 2130. The van der Waals surface area contributed by atoms with Crippen molar-refractivity contribution in [1.29, 1.82) is 0 Å². The fourth-order valence-electron chi connectivity index (χ4n) is 11.1. The minimum absolute atomic E-state index is 0.0253. The molecule has 2 unspecified atom stereocenters. The molecule has 4 aliphatic rings. The summed E-state index contributed by atoms with van der Waals surface area (Å²) in [7, 11) is -0.620. The molecule has 7 N–H and O–H groups in total. The van der Waals surface area contributed by atoms with Crippen LogP contribution in [0.15, 0.2) is 48.5 Å². The Morgan fingerprint density at radius 2 is 1.43 bits per heavy atom. The Balaban J connectivity index is 1.13. The first-order valence-corrected chi connectivity index (χ1v) is 26.2. The summed E-state index contributed by atoms with van der Waals surface area (Å²) >= 11 is 0. The lowest BCUT2D eigenvalue weighted by atomic mass is 9.43. The molecular formula is C55H81BN4O10. The Hall–Kier alpha value is -4.57. The number of aliphatic hydroxyl groups excluding tert-OH is 1. The van der Waals surface area contributed by atoms with Crippen molar-refractivity contribution < 1.29 is 48.0 Å². The van der Waals surface area contributed by atoms with Crippen LogP contribution < -0.4 is 22.1 Å². The number of carbonyl (C=O) groups excluding carboxylic acids is 7. The monoisotopic (exact) mass is 969 g/mol. The number of unbranched alkanes of at least 4 members (excludes halogenated alkanes) is 2. The van der Waals surface area contributed by atoms with Crippen molar-refractivity contribution in [3.63, 3.8) is 0 Å². The van der Waals surface area contributed by atoms with E-state index in [1.165, 1.54) is 12.5 Å². The van der Waals surface area contributed by atoms with E-state index in [1.807, 2.05) is 19.1 Å². The topological polar surface area (TPSA) is 234 Å². The van der Waals surface area contributed by atoms with Crippen molar-refractivity contribution in [2.45, 2.75) is 193 Å². The number of rotatable bonds is 31. The van der Waals surface area contributed by atoms with Crippen LogP contribution in [-0.2, 0) is 44.5 Å². The minimum atomic E-state index is -1.39. The molecule has 384 valence electrons. The number of primary amides is 1. The van der Waals surface area contributed by atoms with Gasteiger partial charge in [0.05, 0.1) is 30.3 Å². The van der Waals surface area contributed by atoms with Gasteiger partial charge < -0.3 is 36.5 Å². The van der Waals surface area contributed by atoms with Gasteiger partial charge in [-0.05, 0) is 106 Å². The zero-order valence-electron chi connectivity index (χ0n) is 42.9. The molecule has 1 aliphatic heterocycles. The molecule has 14 nitrogen and oxygen atoms in total. The van der Waals surface area contributed by atoms with Gasteiger partial charge in [-0.3, -0.25) is 33.6 Å². The lowest BCUT2D eigenvalue weighted by Gasteiger charge is -2.64. The van der Waals surface area contributed by atoms with Crippen molar-refractivity contribution in [3.05, 3.63) is 59.7 Å². The average molecular weight is 969 g/mol. The highest BCUT2D eigenvalue weighted by Crippen LogP contribution is 2.66. The number of nitrogens with two attached hydrogens (primary N) is 2. The molecule has 0 spiro atoms. The number of hydrogen-bond donors (Lipinski definition) is 5. The highest BCUT2D eigenvalue weighted by molar-refractivity contribution is 6.47. The first-order chi connectivity index (χ1) is 33.2. The van der Waals surface area contributed by atoms with Crippen LogP contribution in [0.25, 0.3) is 11.1 Å². The lowest BCUT2D eigenvalue weighted by Crippen LogP contribution is -2.65. The van der Waals surface area contributed by atoms with Crippen molar-refractivity contribution in [2.75, 3.05) is 6.54 Å². The van der Waals surface area contributed by atoms with E-state index in [4.69, 9.17) is 20.8 Å². The first-order valence-electron chi connectivity index (χ1n) is 26.2. The van der Waals surface area contributed by atoms with Gasteiger partial charge >= 0.3 is 7.12 Å². The largest absolute Gasteiger partial charge is 0.461 e. The number of aryl methyl sites for hydroxylation is 1. The van der Waals surface area contributed by atoms with E-state index in [9.17, 15) is 38.7 Å². The molecule has 2 aromatic rings. The first kappa shape index (κ1) is 56.4. The highest BCUT2D eigenvalue weighted by Gasteiger charge is 2.68. The van der Waals surface area contributed by atoms with Gasteiger partial charge in [-0.15, -0.1) is 0 Å². The van der Waals surface area contributed by atoms with Crippen LogP contribution in [0.2, 0.25) is 5.82 Å². The summed E-state index contributed by atoms with van der Waals surface area (Å²) in [5, 5.41) is 16.1. The zero-order valence-corrected chi connectivity index (χ0v) is 42.9. The van der Waals surface area contributed by atoms with Gasteiger partial charge in [0.15, 0.2) is 17.3 Å². The molecule has 0 aromatic heterocycles. The number of benzene rings is 2. The smallest absolute Gasteiger partial charge is 0.405 e. The molecule has 3 amide bonds. The van der Waals surface area contributed by atoms with Crippen LogP contribution >= 0.6 is 0 Å². The second-order valence-corrected chi connectivity index (χ2v) is 21.3. The molecule has 1 heterocycles. The van der Waals surface area contributed by atoms with Gasteiger partial charge in [0.2, 0.25) is 17.7 Å². The van der Waals surface area contributed by atoms with E-state index in [-0.39, 0.29) is 67.4 Å². The van der Waals surface area contributed by atoms with E-state index < -0.39 is 78.5 Å². The normalized spacial score (nSPS) is 22.6. The van der Waals surface area contributed by atoms with Crippen molar-refractivity contribution in [2.24, 2.45) is 40.6 Å². The maximum Gasteiger partial charge on any atom is 0.461 e. The van der Waals surface area contributed by atoms with Crippen molar-refractivity contribution >= 4 is 48.0 Å². The maximum absolute atomic E-state index is 13.9. The van der Waals surface area contributed by atoms with E-state index in [1.54, 1.807) is 19.1 Å². The van der Waals surface area contributed by atoms with Crippen LogP contribution in [0.5, 0.6) is 0 Å². The molecular weight excluding hydrogens is 887 g/mol. The molecule has 1 saturated heterocycles. The Kier molecular flexibility index (Phi) is 20.7. The summed E-state index contributed by atoms with van der Waals surface area (Å²) in [6, 6.07) is 13.3. The van der Waals surface area contributed by atoms with Crippen molar-refractivity contribution in [1.82, 2.24) is 10.6 Å². The lowest BCUT2D eigenvalue weighted by molar-refractivity contribution is -0.199. The molecule has 3 aliphatic carbocycles. The molecule has 2 aromatic carbocycles. The van der Waals surface area contributed by atoms with Crippen molar-refractivity contribution in [3.8, 4) is 11.1 Å². The fraction of sp³-hybridized carbons (Fsp3) is 0.655. The third-order valence-electron chi connectivity index (χ3n) is 15.9. The van der Waals surface area contributed by atoms with Gasteiger partial charge in [-0.2, -0.15) is 0 Å². The third-order valence-corrected chi connectivity index (χ3v) is 15.9. The summed E-state index contributed by atoms with van der Waals surface area (Å²) in [5.74, 6) is -4.54. The predicted octanol–water partition coefficient (Wildman–Crippen LogP) is 7.43. The Labute approximate surface area is 416 Å². The Morgan fingerprint density at radius 1 is 0.771 bits per heavy atom. The number of hydrogen-bond acceptors (Lipinski definition) is 11. The molecule has 10 atom stereocenters. The molecule has 15 heteroatoms. The van der Waals surface area contributed by atoms with Crippen LogP contribution in [0.3, 0.4) is 0 Å². The summed E-state index contributed by atoms with van der Waals surface area (Å²) in [6.45, 7) is 14.2. The minimum Gasteiger partial charge on any atom is -0.405 e. The van der Waals surface area contributed by atoms with E-state index in [0.29, 0.717) is 56.0 Å². The number of Topliss-reactive ketones (excluding diaryl/α,β-unsaturated/α-hetero) is 4. The van der Waals surface area contributed by atoms with Gasteiger partial charge in [-0.1, -0.05) is 102 Å².